The van der Waals surface area contributed by atoms with E-state index in [-0.39, 0.29) is 36.7 Å². The second-order valence-electron chi connectivity index (χ2n) is 10.6. The minimum Gasteiger partial charge on any atom is -0.481 e. The number of aromatic carboxylic acids is 1. The third-order valence-electron chi connectivity index (χ3n) is 6.34. The fourth-order valence-electron chi connectivity index (χ4n) is 4.03. The smallest absolute Gasteiger partial charge is 0.356 e. The van der Waals surface area contributed by atoms with Crippen LogP contribution in [0.15, 0.2) is 96.1 Å². The molecule has 49 heavy (non-hydrogen) atoms. The fraction of sp³-hybridized carbons (Fsp3) is 0.425. The Morgan fingerprint density at radius 1 is 1.12 bits per heavy atom. The van der Waals surface area contributed by atoms with Gasteiger partial charge in [-0.1, -0.05) is 111 Å². The Hall–Kier alpha value is -4.32. The zero-order valence-corrected chi connectivity index (χ0v) is 31.5. The lowest BCUT2D eigenvalue weighted by atomic mass is 9.95. The number of halogens is 1. The number of amides is 1. The van der Waals surface area contributed by atoms with E-state index in [9.17, 15) is 9.59 Å². The van der Waals surface area contributed by atoms with Gasteiger partial charge in [0.2, 0.25) is 11.8 Å². The number of allylic oxidation sites excluding steroid dienone is 8. The number of methoxy groups -OCH3 is 1. The van der Waals surface area contributed by atoms with Gasteiger partial charge in [-0.05, 0) is 70.6 Å². The topological polar surface area (TPSA) is 114 Å². The van der Waals surface area contributed by atoms with Crippen molar-refractivity contribution in [2.75, 3.05) is 7.11 Å². The summed E-state index contributed by atoms with van der Waals surface area (Å²) in [5.74, 6) is -1.05. The molecule has 1 aromatic carbocycles. The fourth-order valence-corrected chi connectivity index (χ4v) is 4.17. The Kier molecular flexibility index (Phi) is 33.6. The van der Waals surface area contributed by atoms with Crippen LogP contribution >= 0.6 is 11.6 Å². The number of hydrogen-bond donors (Lipinski definition) is 3. The third-order valence-corrected chi connectivity index (χ3v) is 6.44. The van der Waals surface area contributed by atoms with Crippen molar-refractivity contribution >= 4 is 23.5 Å². The lowest BCUT2D eigenvalue weighted by Gasteiger charge is -2.22. The van der Waals surface area contributed by atoms with Gasteiger partial charge in [0.1, 0.15) is 6.54 Å². The van der Waals surface area contributed by atoms with E-state index < -0.39 is 5.97 Å². The molecule has 8 nitrogen and oxygen atoms in total. The van der Waals surface area contributed by atoms with Crippen LogP contribution in [0.1, 0.15) is 103 Å². The summed E-state index contributed by atoms with van der Waals surface area (Å²) in [6.07, 6.45) is 25.6. The first kappa shape index (κ1) is 49.1. The van der Waals surface area contributed by atoms with Gasteiger partial charge in [-0.3, -0.25) is 4.79 Å². The Bertz CT molecular complexity index is 1280. The molecule has 0 saturated heterocycles. The quantitative estimate of drug-likeness (QED) is 0.129. The number of carbonyl (C=O) groups excluding carboxylic acids is 1. The number of carboxylic acids is 1. The lowest BCUT2D eigenvalue weighted by molar-refractivity contribution is -0.122. The highest BCUT2D eigenvalue weighted by molar-refractivity contribution is 6.29. The molecule has 1 aliphatic rings. The van der Waals surface area contributed by atoms with E-state index in [1.807, 2.05) is 69.3 Å². The second kappa shape index (κ2) is 33.6. The summed E-state index contributed by atoms with van der Waals surface area (Å²) >= 11 is 5.57. The average molecular weight is 698 g/mol. The van der Waals surface area contributed by atoms with Gasteiger partial charge in [-0.15, -0.1) is 19.4 Å². The predicted molar refractivity (Wildman–Crippen MR) is 207 cm³/mol. The Morgan fingerprint density at radius 3 is 2.08 bits per heavy atom. The van der Waals surface area contributed by atoms with E-state index in [1.54, 1.807) is 6.08 Å². The normalized spacial score (nSPS) is 12.3. The van der Waals surface area contributed by atoms with Crippen molar-refractivity contribution < 1.29 is 24.5 Å². The van der Waals surface area contributed by atoms with Crippen LogP contribution in [0.2, 0.25) is 0 Å². The molecule has 2 aromatic rings. The van der Waals surface area contributed by atoms with Crippen molar-refractivity contribution in [1.29, 1.82) is 0 Å². The van der Waals surface area contributed by atoms with Crippen molar-refractivity contribution in [3.63, 3.8) is 0 Å². The third kappa shape index (κ3) is 28.4. The van der Waals surface area contributed by atoms with Crippen molar-refractivity contribution in [2.45, 2.75) is 106 Å². The van der Waals surface area contributed by atoms with Crippen LogP contribution in [-0.2, 0) is 17.9 Å². The van der Waals surface area contributed by atoms with Crippen molar-refractivity contribution in [3.05, 3.63) is 107 Å². The molecule has 1 fully saturated rings. The van der Waals surface area contributed by atoms with Crippen LogP contribution in [0.3, 0.4) is 0 Å². The molecule has 0 atom stereocenters. The number of aliphatic hydroxyl groups excluding tert-OH is 1. The molecule has 3 N–H and O–H groups in total. The van der Waals surface area contributed by atoms with Gasteiger partial charge in [0.25, 0.3) is 0 Å². The number of hydrogen-bond acceptors (Lipinski definition) is 5. The number of benzene rings is 1. The summed E-state index contributed by atoms with van der Waals surface area (Å²) in [4.78, 5) is 22.8. The van der Waals surface area contributed by atoms with Gasteiger partial charge in [0.05, 0.1) is 13.7 Å². The number of carboxylic acid groups (broad SMARTS) is 1. The maximum absolute atomic E-state index is 12.0. The monoisotopic (exact) mass is 697 g/mol. The molecular formula is C40H60ClN3O5. The first-order valence-electron chi connectivity index (χ1n) is 16.4. The molecule has 1 saturated carbocycles. The number of ether oxygens (including phenoxy) is 1. The summed E-state index contributed by atoms with van der Waals surface area (Å²) in [5, 5.41) is 25.0. The number of aromatic nitrogens is 2. The van der Waals surface area contributed by atoms with E-state index in [1.165, 1.54) is 42.7 Å². The maximum Gasteiger partial charge on any atom is 0.356 e. The lowest BCUT2D eigenvalue weighted by Crippen LogP contribution is -2.38. The van der Waals surface area contributed by atoms with Crippen LogP contribution in [0, 0.1) is 12.8 Å². The molecule has 1 amide bonds. The summed E-state index contributed by atoms with van der Waals surface area (Å²) in [7, 11) is 1.41. The van der Waals surface area contributed by atoms with Crippen molar-refractivity contribution in [3.8, 4) is 18.7 Å². The van der Waals surface area contributed by atoms with Gasteiger partial charge in [-0.25, -0.2) is 9.48 Å². The summed E-state index contributed by atoms with van der Waals surface area (Å²) < 4.78 is 6.29. The maximum atomic E-state index is 12.0. The first-order chi connectivity index (χ1) is 23.4. The van der Waals surface area contributed by atoms with Gasteiger partial charge in [0, 0.05) is 17.1 Å². The van der Waals surface area contributed by atoms with Crippen molar-refractivity contribution in [1.82, 2.24) is 15.1 Å². The molecule has 0 aliphatic heterocycles. The van der Waals surface area contributed by atoms with Crippen LogP contribution in [0.4, 0.5) is 0 Å². The number of nitrogens with zero attached hydrogens (tertiary/aromatic N) is 2. The molecule has 272 valence electrons. The van der Waals surface area contributed by atoms with Crippen LogP contribution in [0.25, 0.3) is 0 Å². The van der Waals surface area contributed by atoms with E-state index >= 15 is 0 Å². The van der Waals surface area contributed by atoms with Crippen LogP contribution in [0.5, 0.6) is 5.88 Å². The minimum absolute atomic E-state index is 0.0348. The number of aliphatic hydroxyl groups is 1. The summed E-state index contributed by atoms with van der Waals surface area (Å²) in [6, 6.07) is 11.0. The predicted octanol–water partition coefficient (Wildman–Crippen LogP) is 9.67. The number of nitrogens with one attached hydrogen (secondary N) is 1. The summed E-state index contributed by atoms with van der Waals surface area (Å²) in [5.41, 5.74) is 3.27. The molecule has 1 heterocycles. The number of terminal acetylenes is 1. The largest absolute Gasteiger partial charge is 0.481 e. The van der Waals surface area contributed by atoms with Gasteiger partial charge in [0.15, 0.2) is 5.69 Å². The van der Waals surface area contributed by atoms with Gasteiger partial charge >= 0.3 is 5.97 Å². The Balaban J connectivity index is -0.000000610. The standard InChI is InChI=1S/C13H19N3O4.C8H11Cl.C7H8O.C7H14.C3H6.C2H2/c1-20-12-7-10(13(18)19)15-16(12)8-11(17)14-9-5-3-2-4-6-9;1-4-5-7(2)6-8(3)9;8-6-7-4-2-1-3-5-7;1-4-6-7(3)5-2;1-3-2;1-2/h7,9H,2-6,8H2,1H3,(H,14,17)(H,18,19);4-6H,2H2,1,3H3;1-5,8H,6H2;6H,4-5H2,1-3H3;3H,1H2,2H3;1-2H/b;5-4+,8-6+;;7-6-;;. The summed E-state index contributed by atoms with van der Waals surface area (Å²) in [6.45, 7) is 19.4. The zero-order chi connectivity index (χ0) is 38.0. The molecule has 0 bridgehead atoms. The van der Waals surface area contributed by atoms with E-state index in [0.29, 0.717) is 0 Å². The molecule has 0 unspecified atom stereocenters. The SMILES string of the molecule is C#C.C=C(/C=C/C)/C=C(\C)Cl.C=CC.CC/C=C(/C)CC.COc1cc(C(=O)O)nn1CC(=O)NC1CCCCC1.OCc1ccccc1. The number of rotatable bonds is 10. The average Bonchev–Trinajstić information content (AvgIpc) is 3.50. The molecule has 1 aromatic heterocycles. The van der Waals surface area contributed by atoms with Crippen molar-refractivity contribution in [2.24, 2.45) is 0 Å². The Morgan fingerprint density at radius 2 is 1.69 bits per heavy atom. The van der Waals surface area contributed by atoms with E-state index in [4.69, 9.17) is 26.6 Å². The molecule has 3 rings (SSSR count). The molecular weight excluding hydrogens is 638 g/mol. The first-order valence-corrected chi connectivity index (χ1v) is 16.8. The van der Waals surface area contributed by atoms with E-state index in [2.05, 4.69) is 63.3 Å². The molecule has 0 spiro atoms. The van der Waals surface area contributed by atoms with Gasteiger partial charge in [-0.2, -0.15) is 5.10 Å². The minimum atomic E-state index is -1.14. The Labute approximate surface area is 301 Å². The second-order valence-corrected chi connectivity index (χ2v) is 11.2. The molecule has 9 heteroatoms. The molecule has 1 aliphatic carbocycles. The highest BCUT2D eigenvalue weighted by atomic mass is 35.5. The highest BCUT2D eigenvalue weighted by Gasteiger charge is 2.19. The number of carbonyl (C=O) groups is 2. The van der Waals surface area contributed by atoms with Crippen LogP contribution < -0.4 is 10.1 Å². The van der Waals surface area contributed by atoms with E-state index in [0.717, 1.165) is 41.9 Å². The molecule has 0 radical (unpaired) electrons. The van der Waals surface area contributed by atoms with Gasteiger partial charge < -0.3 is 20.3 Å². The zero-order valence-electron chi connectivity index (χ0n) is 30.8. The highest BCUT2D eigenvalue weighted by Crippen LogP contribution is 2.18. The van der Waals surface area contributed by atoms with Crippen LogP contribution in [-0.4, -0.2) is 45.0 Å².